The van der Waals surface area contributed by atoms with Crippen LogP contribution in [0.25, 0.3) is 17.0 Å². The lowest BCUT2D eigenvalue weighted by atomic mass is 10.2. The number of anilines is 2. The molecule has 0 saturated carbocycles. The number of carbonyl (C=O) groups excluding carboxylic acids is 1. The van der Waals surface area contributed by atoms with Crippen molar-refractivity contribution >= 4 is 23.1 Å². The van der Waals surface area contributed by atoms with Crippen LogP contribution >= 0.6 is 0 Å². The van der Waals surface area contributed by atoms with Crippen molar-refractivity contribution in [1.82, 2.24) is 19.6 Å². The summed E-state index contributed by atoms with van der Waals surface area (Å²) in [5.41, 5.74) is 0.941. The number of urea groups is 1. The van der Waals surface area contributed by atoms with E-state index in [2.05, 4.69) is 25.7 Å². The van der Waals surface area contributed by atoms with E-state index >= 15 is 0 Å². The van der Waals surface area contributed by atoms with Gasteiger partial charge in [-0.1, -0.05) is 6.07 Å². The van der Waals surface area contributed by atoms with E-state index in [1.54, 1.807) is 42.9 Å². The number of fused-ring (bicyclic) bond motifs is 1. The quantitative estimate of drug-likeness (QED) is 0.534. The van der Waals surface area contributed by atoms with Crippen molar-refractivity contribution in [2.75, 3.05) is 10.6 Å². The lowest BCUT2D eigenvalue weighted by molar-refractivity contribution is -0.137. The van der Waals surface area contributed by atoms with Gasteiger partial charge in [-0.15, -0.1) is 5.10 Å². The predicted octanol–water partition coefficient (Wildman–Crippen LogP) is 4.45. The third-order valence-electron chi connectivity index (χ3n) is 3.98. The molecule has 2 N–H and O–H groups in total. The van der Waals surface area contributed by atoms with E-state index in [1.807, 2.05) is 0 Å². The van der Waals surface area contributed by atoms with Crippen LogP contribution in [0.1, 0.15) is 5.56 Å². The van der Waals surface area contributed by atoms with Gasteiger partial charge in [-0.05, 0) is 42.5 Å². The Morgan fingerprint density at radius 3 is 2.48 bits per heavy atom. The molecule has 3 heterocycles. The van der Waals surface area contributed by atoms with Crippen molar-refractivity contribution in [3.8, 4) is 11.4 Å². The molecule has 10 heteroatoms. The maximum atomic E-state index is 12.8. The van der Waals surface area contributed by atoms with E-state index in [-0.39, 0.29) is 5.69 Å². The van der Waals surface area contributed by atoms with Crippen molar-refractivity contribution in [2.24, 2.45) is 0 Å². The first-order valence-electron chi connectivity index (χ1n) is 8.40. The van der Waals surface area contributed by atoms with Gasteiger partial charge >= 0.3 is 12.2 Å². The molecular formula is C19H13F3N6O. The highest BCUT2D eigenvalue weighted by molar-refractivity contribution is 5.99. The zero-order chi connectivity index (χ0) is 20.4. The van der Waals surface area contributed by atoms with Crippen LogP contribution in [0.3, 0.4) is 0 Å². The molecule has 0 saturated heterocycles. The fraction of sp³-hybridized carbons (Fsp3) is 0.0526. The van der Waals surface area contributed by atoms with Crippen molar-refractivity contribution in [3.63, 3.8) is 0 Å². The second-order valence-electron chi connectivity index (χ2n) is 6.05. The van der Waals surface area contributed by atoms with E-state index in [9.17, 15) is 18.0 Å². The third kappa shape index (κ3) is 4.15. The number of hydrogen-bond acceptors (Lipinski definition) is 4. The number of alkyl halides is 3. The minimum atomic E-state index is -4.49. The summed E-state index contributed by atoms with van der Waals surface area (Å²) in [4.78, 5) is 20.5. The Balaban J connectivity index is 1.50. The van der Waals surface area contributed by atoms with Crippen LogP contribution < -0.4 is 10.6 Å². The first kappa shape index (κ1) is 18.4. The van der Waals surface area contributed by atoms with E-state index < -0.39 is 17.8 Å². The average Bonchev–Trinajstić information content (AvgIpc) is 3.11. The number of rotatable bonds is 3. The highest BCUT2D eigenvalue weighted by Crippen LogP contribution is 2.30. The Morgan fingerprint density at radius 2 is 1.72 bits per heavy atom. The molecule has 0 atom stereocenters. The van der Waals surface area contributed by atoms with Gasteiger partial charge in [0.2, 0.25) is 0 Å². The first-order chi connectivity index (χ1) is 13.9. The summed E-state index contributed by atoms with van der Waals surface area (Å²) in [6, 6.07) is 10.5. The van der Waals surface area contributed by atoms with Gasteiger partial charge in [0.25, 0.3) is 0 Å². The number of halogens is 3. The Bertz CT molecular complexity index is 1170. The molecule has 2 amide bonds. The summed E-state index contributed by atoms with van der Waals surface area (Å²) in [6.07, 6.45) is 0.329. The molecule has 0 bridgehead atoms. The zero-order valence-electron chi connectivity index (χ0n) is 14.7. The smallest absolute Gasteiger partial charge is 0.308 e. The minimum absolute atomic E-state index is 0.0270. The normalized spacial score (nSPS) is 11.4. The molecule has 7 nitrogen and oxygen atoms in total. The molecule has 0 radical (unpaired) electrons. The van der Waals surface area contributed by atoms with Crippen LogP contribution in [0.15, 0.2) is 67.1 Å². The summed E-state index contributed by atoms with van der Waals surface area (Å²) in [5.74, 6) is 0.498. The third-order valence-corrected chi connectivity index (χ3v) is 3.98. The highest BCUT2D eigenvalue weighted by atomic mass is 19.4. The highest BCUT2D eigenvalue weighted by Gasteiger charge is 2.30. The number of carbonyl (C=O) groups is 1. The van der Waals surface area contributed by atoms with E-state index in [0.29, 0.717) is 17.2 Å². The van der Waals surface area contributed by atoms with Gasteiger partial charge in [-0.25, -0.2) is 14.3 Å². The predicted molar refractivity (Wildman–Crippen MR) is 100 cm³/mol. The van der Waals surface area contributed by atoms with Crippen LogP contribution in [0.2, 0.25) is 0 Å². The number of hydrogen-bond donors (Lipinski definition) is 2. The van der Waals surface area contributed by atoms with Crippen LogP contribution in [-0.4, -0.2) is 25.6 Å². The molecule has 3 aromatic heterocycles. The summed E-state index contributed by atoms with van der Waals surface area (Å²) < 4.78 is 39.8. The SMILES string of the molecule is O=C(Nc1cccc(C(F)(F)F)c1)Nc1ccc2nc(-c3ccncc3)nn2c1. The Morgan fingerprint density at radius 1 is 0.966 bits per heavy atom. The topological polar surface area (TPSA) is 84.2 Å². The Hall–Kier alpha value is -3.95. The molecule has 0 spiro atoms. The summed E-state index contributed by atoms with van der Waals surface area (Å²) in [7, 11) is 0. The molecule has 0 aliphatic heterocycles. The van der Waals surface area contributed by atoms with Gasteiger partial charge in [-0.2, -0.15) is 13.2 Å². The van der Waals surface area contributed by atoms with E-state index in [0.717, 1.165) is 17.7 Å². The van der Waals surface area contributed by atoms with Gasteiger partial charge in [0.15, 0.2) is 11.5 Å². The van der Waals surface area contributed by atoms with E-state index in [1.165, 1.54) is 16.6 Å². The van der Waals surface area contributed by atoms with Gasteiger partial charge in [0, 0.05) is 23.6 Å². The lowest BCUT2D eigenvalue weighted by Gasteiger charge is -2.10. The molecule has 4 aromatic rings. The number of pyridine rings is 2. The van der Waals surface area contributed by atoms with Crippen molar-refractivity contribution in [1.29, 1.82) is 0 Å². The van der Waals surface area contributed by atoms with Crippen molar-refractivity contribution in [3.05, 3.63) is 72.7 Å². The monoisotopic (exact) mass is 398 g/mol. The number of nitrogens with zero attached hydrogens (tertiary/aromatic N) is 4. The molecule has 0 fully saturated rings. The fourth-order valence-electron chi connectivity index (χ4n) is 2.65. The van der Waals surface area contributed by atoms with Crippen molar-refractivity contribution in [2.45, 2.75) is 6.18 Å². The number of nitrogens with one attached hydrogen (secondary N) is 2. The van der Waals surface area contributed by atoms with Crippen LogP contribution in [0, 0.1) is 0 Å². The molecule has 0 aliphatic rings. The number of aromatic nitrogens is 4. The van der Waals surface area contributed by atoms with E-state index in [4.69, 9.17) is 0 Å². The summed E-state index contributed by atoms with van der Waals surface area (Å²) in [5, 5.41) is 9.29. The van der Waals surface area contributed by atoms with Gasteiger partial charge in [0.1, 0.15) is 0 Å². The molecule has 1 aromatic carbocycles. The zero-order valence-corrected chi connectivity index (χ0v) is 14.7. The Labute approximate surface area is 162 Å². The molecule has 146 valence electrons. The molecule has 0 unspecified atom stereocenters. The number of amides is 2. The average molecular weight is 398 g/mol. The molecule has 29 heavy (non-hydrogen) atoms. The minimum Gasteiger partial charge on any atom is -0.308 e. The largest absolute Gasteiger partial charge is 0.416 e. The standard InChI is InChI=1S/C19H13F3N6O/c20-19(21,22)13-2-1-3-14(10-13)24-18(29)25-15-4-5-16-26-17(27-28(16)11-15)12-6-8-23-9-7-12/h1-11H,(H2,24,25,29). The summed E-state index contributed by atoms with van der Waals surface area (Å²) in [6.45, 7) is 0. The number of benzene rings is 1. The molecule has 4 rings (SSSR count). The maximum Gasteiger partial charge on any atom is 0.416 e. The molecular weight excluding hydrogens is 385 g/mol. The molecule has 0 aliphatic carbocycles. The van der Waals surface area contributed by atoms with Gasteiger partial charge in [0.05, 0.1) is 17.4 Å². The second kappa shape index (κ2) is 7.23. The lowest BCUT2D eigenvalue weighted by Crippen LogP contribution is -2.20. The Kier molecular flexibility index (Phi) is 4.59. The second-order valence-corrected chi connectivity index (χ2v) is 6.05. The van der Waals surface area contributed by atoms with Crippen molar-refractivity contribution < 1.29 is 18.0 Å². The maximum absolute atomic E-state index is 12.8. The van der Waals surface area contributed by atoms with Crippen LogP contribution in [0.5, 0.6) is 0 Å². The van der Waals surface area contributed by atoms with Crippen LogP contribution in [0.4, 0.5) is 29.3 Å². The van der Waals surface area contributed by atoms with Crippen LogP contribution in [-0.2, 0) is 6.18 Å². The summed E-state index contributed by atoms with van der Waals surface area (Å²) >= 11 is 0. The fourth-order valence-corrected chi connectivity index (χ4v) is 2.65. The first-order valence-corrected chi connectivity index (χ1v) is 8.40. The van der Waals surface area contributed by atoms with Gasteiger partial charge < -0.3 is 10.6 Å². The van der Waals surface area contributed by atoms with Gasteiger partial charge in [-0.3, -0.25) is 4.98 Å².